The number of benzene rings is 2. The Morgan fingerprint density at radius 1 is 0.714 bits per heavy atom. The molecule has 0 aliphatic rings. The maximum atomic E-state index is 4.68. The van der Waals surface area contributed by atoms with Crippen LogP contribution in [0.15, 0.2) is 78.9 Å². The largest absolute Gasteiger partial charge is 0.258 e. The lowest BCUT2D eigenvalue weighted by molar-refractivity contribution is 1.10. The molecular formula is C19H18NP. The highest BCUT2D eigenvalue weighted by Crippen LogP contribution is 2.37. The smallest absolute Gasteiger partial charge is 0.0455 e. The van der Waals surface area contributed by atoms with Crippen LogP contribution < -0.4 is 10.6 Å². The number of aryl methyl sites for hydroxylation is 1. The summed E-state index contributed by atoms with van der Waals surface area (Å²) in [6, 6.07) is 27.8. The summed E-state index contributed by atoms with van der Waals surface area (Å²) in [6.45, 7) is 2.05. The topological polar surface area (TPSA) is 12.9 Å². The molecule has 0 fully saturated rings. The highest BCUT2D eigenvalue weighted by molar-refractivity contribution is 7.72. The number of hydrogen-bond acceptors (Lipinski definition) is 1. The quantitative estimate of drug-likeness (QED) is 0.662. The lowest BCUT2D eigenvalue weighted by atomic mass is 10.3. The van der Waals surface area contributed by atoms with E-state index in [1.807, 2.05) is 0 Å². The average molecular weight is 291 g/mol. The molecule has 2 heteroatoms. The van der Waals surface area contributed by atoms with Crippen LogP contribution in [0.25, 0.3) is 0 Å². The first kappa shape index (κ1) is 14.0. The minimum absolute atomic E-state index is 0.402. The fraction of sp³-hybridized carbons (Fsp3) is 0.105. The van der Waals surface area contributed by atoms with Gasteiger partial charge in [0.2, 0.25) is 0 Å². The zero-order valence-electron chi connectivity index (χ0n) is 12.1. The fourth-order valence-corrected chi connectivity index (χ4v) is 4.62. The van der Waals surface area contributed by atoms with Crippen LogP contribution in [-0.2, 0) is 6.16 Å². The molecule has 104 valence electrons. The molecule has 0 unspecified atom stereocenters. The second kappa shape index (κ2) is 6.65. The number of hydrogen-bond donors (Lipinski definition) is 0. The average Bonchev–Trinajstić information content (AvgIpc) is 2.54. The van der Waals surface area contributed by atoms with Crippen molar-refractivity contribution in [2.75, 3.05) is 0 Å². The van der Waals surface area contributed by atoms with E-state index in [-0.39, 0.29) is 0 Å². The van der Waals surface area contributed by atoms with Gasteiger partial charge < -0.3 is 0 Å². The molecule has 0 N–H and O–H groups in total. The molecular weight excluding hydrogens is 273 g/mol. The van der Waals surface area contributed by atoms with E-state index in [2.05, 4.69) is 90.8 Å². The SMILES string of the molecule is Cc1cccc(CP(c2ccccc2)c2ccccc2)n1. The Labute approximate surface area is 127 Å². The van der Waals surface area contributed by atoms with Crippen LogP contribution in [0.2, 0.25) is 0 Å². The van der Waals surface area contributed by atoms with Crippen molar-refractivity contribution in [2.24, 2.45) is 0 Å². The van der Waals surface area contributed by atoms with Gasteiger partial charge in [-0.05, 0) is 37.6 Å². The maximum Gasteiger partial charge on any atom is 0.0455 e. The standard InChI is InChI=1S/C19H18NP/c1-16-9-8-10-17(20-16)15-21(18-11-4-2-5-12-18)19-13-6-3-7-14-19/h2-14H,15H2,1H3. The Bertz CT molecular complexity index is 656. The van der Waals surface area contributed by atoms with Crippen LogP contribution in [0.4, 0.5) is 0 Å². The molecule has 0 radical (unpaired) electrons. The first-order valence-electron chi connectivity index (χ1n) is 7.13. The fourth-order valence-electron chi connectivity index (χ4n) is 2.40. The summed E-state index contributed by atoms with van der Waals surface area (Å²) in [5.74, 6) is 0. The number of rotatable bonds is 4. The van der Waals surface area contributed by atoms with Crippen molar-refractivity contribution >= 4 is 18.5 Å². The van der Waals surface area contributed by atoms with Crippen LogP contribution in [0.3, 0.4) is 0 Å². The van der Waals surface area contributed by atoms with E-state index in [1.165, 1.54) is 16.3 Å². The Balaban J connectivity index is 1.97. The second-order valence-corrected chi connectivity index (χ2v) is 7.23. The van der Waals surface area contributed by atoms with Crippen molar-refractivity contribution in [3.05, 3.63) is 90.3 Å². The molecule has 0 aliphatic carbocycles. The molecule has 0 saturated carbocycles. The number of aromatic nitrogens is 1. The van der Waals surface area contributed by atoms with Crippen LogP contribution in [0, 0.1) is 6.92 Å². The van der Waals surface area contributed by atoms with Crippen molar-refractivity contribution < 1.29 is 0 Å². The lowest BCUT2D eigenvalue weighted by Crippen LogP contribution is -2.13. The van der Waals surface area contributed by atoms with Gasteiger partial charge in [0.15, 0.2) is 0 Å². The highest BCUT2D eigenvalue weighted by atomic mass is 31.1. The van der Waals surface area contributed by atoms with Crippen LogP contribution >= 0.6 is 7.92 Å². The predicted octanol–water partition coefficient (Wildman–Crippen LogP) is 4.02. The van der Waals surface area contributed by atoms with Crippen molar-refractivity contribution in [1.29, 1.82) is 0 Å². The van der Waals surface area contributed by atoms with E-state index in [0.29, 0.717) is 0 Å². The second-order valence-electron chi connectivity index (χ2n) is 5.03. The van der Waals surface area contributed by atoms with Crippen molar-refractivity contribution in [3.8, 4) is 0 Å². The Kier molecular flexibility index (Phi) is 4.43. The van der Waals surface area contributed by atoms with Crippen molar-refractivity contribution in [2.45, 2.75) is 13.1 Å². The van der Waals surface area contributed by atoms with Crippen molar-refractivity contribution in [3.63, 3.8) is 0 Å². The molecule has 1 aromatic heterocycles. The molecule has 0 spiro atoms. The molecule has 3 rings (SSSR count). The van der Waals surface area contributed by atoms with Gasteiger partial charge in [-0.2, -0.15) is 0 Å². The molecule has 21 heavy (non-hydrogen) atoms. The van der Waals surface area contributed by atoms with Gasteiger partial charge in [-0.25, -0.2) is 0 Å². The Morgan fingerprint density at radius 3 is 1.81 bits per heavy atom. The predicted molar refractivity (Wildman–Crippen MR) is 91.8 cm³/mol. The summed E-state index contributed by atoms with van der Waals surface area (Å²) < 4.78 is 0. The number of pyridine rings is 1. The highest BCUT2D eigenvalue weighted by Gasteiger charge is 2.14. The molecule has 1 nitrogen and oxygen atoms in total. The van der Waals surface area contributed by atoms with E-state index in [1.54, 1.807) is 0 Å². The zero-order chi connectivity index (χ0) is 14.5. The van der Waals surface area contributed by atoms with Gasteiger partial charge >= 0.3 is 0 Å². The monoisotopic (exact) mass is 291 g/mol. The summed E-state index contributed by atoms with van der Waals surface area (Å²) in [5.41, 5.74) is 2.26. The van der Waals surface area contributed by atoms with E-state index < -0.39 is 7.92 Å². The van der Waals surface area contributed by atoms with Gasteiger partial charge in [-0.1, -0.05) is 66.7 Å². The summed E-state index contributed by atoms with van der Waals surface area (Å²) in [4.78, 5) is 4.68. The van der Waals surface area contributed by atoms with E-state index in [4.69, 9.17) is 0 Å². The molecule has 3 aromatic rings. The zero-order valence-corrected chi connectivity index (χ0v) is 13.0. The molecule has 0 amide bonds. The molecule has 0 saturated heterocycles. The number of nitrogens with zero attached hydrogens (tertiary/aromatic N) is 1. The molecule has 1 heterocycles. The van der Waals surface area contributed by atoms with Gasteiger partial charge in [-0.15, -0.1) is 0 Å². The molecule has 2 aromatic carbocycles. The first-order valence-corrected chi connectivity index (χ1v) is 8.66. The van der Waals surface area contributed by atoms with Crippen molar-refractivity contribution in [1.82, 2.24) is 4.98 Å². The summed E-state index contributed by atoms with van der Waals surface area (Å²) in [6.07, 6.45) is 0.991. The minimum Gasteiger partial charge on any atom is -0.258 e. The normalized spacial score (nSPS) is 10.8. The van der Waals surface area contributed by atoms with Gasteiger partial charge in [0.1, 0.15) is 0 Å². The lowest BCUT2D eigenvalue weighted by Gasteiger charge is -2.18. The van der Waals surface area contributed by atoms with E-state index >= 15 is 0 Å². The van der Waals surface area contributed by atoms with Crippen LogP contribution in [0.1, 0.15) is 11.4 Å². The van der Waals surface area contributed by atoms with E-state index in [0.717, 1.165) is 11.9 Å². The summed E-state index contributed by atoms with van der Waals surface area (Å²) in [7, 11) is -0.402. The third-order valence-corrected chi connectivity index (χ3v) is 5.89. The molecule has 0 aliphatic heterocycles. The third-order valence-electron chi connectivity index (χ3n) is 3.40. The Morgan fingerprint density at radius 2 is 1.29 bits per heavy atom. The van der Waals surface area contributed by atoms with E-state index in [9.17, 15) is 0 Å². The van der Waals surface area contributed by atoms with Gasteiger partial charge in [0, 0.05) is 17.5 Å². The summed E-state index contributed by atoms with van der Waals surface area (Å²) >= 11 is 0. The Hall–Kier alpha value is -1.98. The van der Waals surface area contributed by atoms with Gasteiger partial charge in [0.05, 0.1) is 0 Å². The van der Waals surface area contributed by atoms with Gasteiger partial charge in [-0.3, -0.25) is 4.98 Å². The van der Waals surface area contributed by atoms with Crippen LogP contribution in [0.5, 0.6) is 0 Å². The first-order chi connectivity index (χ1) is 10.3. The minimum atomic E-state index is -0.402. The molecule has 0 bridgehead atoms. The maximum absolute atomic E-state index is 4.68. The molecule has 0 atom stereocenters. The van der Waals surface area contributed by atoms with Crippen LogP contribution in [-0.4, -0.2) is 4.98 Å². The van der Waals surface area contributed by atoms with Gasteiger partial charge in [0.25, 0.3) is 0 Å². The summed E-state index contributed by atoms with van der Waals surface area (Å²) in [5, 5.41) is 2.81. The third kappa shape index (κ3) is 3.56.